The molecule has 0 radical (unpaired) electrons. The first kappa shape index (κ1) is 31.2. The van der Waals surface area contributed by atoms with E-state index in [1.807, 2.05) is 44.2 Å². The smallest absolute Gasteiger partial charge is 0.245 e. The molecule has 7 N–H and O–H groups in total. The maximum absolute atomic E-state index is 13.5. The van der Waals surface area contributed by atoms with E-state index in [4.69, 9.17) is 16.2 Å². The Kier molecular flexibility index (Phi) is 13.7. The molecule has 1 saturated heterocycles. The SMILES string of the molecule is CC(C)C[C@@H](NC(=O)[C@@H](Cc1ccccc1)NC(=O)CN)C(=O)N[C@H](CCCCN)C(=O)N1CCOCC1. The standard InChI is InChI=1S/C27H44N6O5/c1-19(2)16-22(32-26(36)23(30-24(34)18-29)17-20-8-4-3-5-9-20)25(35)31-21(10-6-7-11-28)27(37)33-12-14-38-15-13-33/h3-5,8-9,19,21-23H,6-7,10-18,28-29H2,1-2H3,(H,30,34)(H,31,35)(H,32,36)/t21-,22-,23-/m1/s1. The number of carbonyl (C=O) groups excluding carboxylic acids is 4. The molecule has 1 fully saturated rings. The van der Waals surface area contributed by atoms with Crippen LogP contribution in [0.4, 0.5) is 0 Å². The molecule has 1 aliphatic rings. The van der Waals surface area contributed by atoms with Gasteiger partial charge in [-0.1, -0.05) is 44.2 Å². The van der Waals surface area contributed by atoms with E-state index in [1.54, 1.807) is 4.90 Å². The molecule has 1 aliphatic heterocycles. The van der Waals surface area contributed by atoms with Crippen LogP contribution in [-0.2, 0) is 30.3 Å². The van der Waals surface area contributed by atoms with Gasteiger partial charge in [-0.15, -0.1) is 0 Å². The van der Waals surface area contributed by atoms with E-state index in [0.717, 1.165) is 12.0 Å². The third kappa shape index (κ3) is 10.8. The fourth-order valence-corrected chi connectivity index (χ4v) is 4.31. The largest absolute Gasteiger partial charge is 0.378 e. The molecule has 11 heteroatoms. The van der Waals surface area contributed by atoms with E-state index >= 15 is 0 Å². The lowest BCUT2D eigenvalue weighted by Gasteiger charge is -2.32. The van der Waals surface area contributed by atoms with E-state index in [2.05, 4.69) is 16.0 Å². The van der Waals surface area contributed by atoms with Crippen LogP contribution in [0.15, 0.2) is 30.3 Å². The molecule has 0 bridgehead atoms. The summed E-state index contributed by atoms with van der Waals surface area (Å²) in [7, 11) is 0. The fourth-order valence-electron chi connectivity index (χ4n) is 4.31. The Morgan fingerprint density at radius 1 is 0.895 bits per heavy atom. The summed E-state index contributed by atoms with van der Waals surface area (Å²) >= 11 is 0. The van der Waals surface area contributed by atoms with Crippen LogP contribution in [0.1, 0.15) is 45.1 Å². The van der Waals surface area contributed by atoms with Gasteiger partial charge in [0.2, 0.25) is 23.6 Å². The van der Waals surface area contributed by atoms with Gasteiger partial charge in [-0.2, -0.15) is 0 Å². The predicted octanol–water partition coefficient (Wildman–Crippen LogP) is -0.324. The van der Waals surface area contributed by atoms with E-state index in [-0.39, 0.29) is 24.8 Å². The second-order valence-corrected chi connectivity index (χ2v) is 9.99. The molecule has 2 rings (SSSR count). The number of nitrogens with one attached hydrogen (secondary N) is 3. The number of carbonyl (C=O) groups is 4. The van der Waals surface area contributed by atoms with Crippen LogP contribution in [0.25, 0.3) is 0 Å². The molecule has 4 amide bonds. The minimum absolute atomic E-state index is 0.0860. The van der Waals surface area contributed by atoms with Crippen molar-refractivity contribution in [3.05, 3.63) is 35.9 Å². The third-order valence-corrected chi connectivity index (χ3v) is 6.34. The van der Waals surface area contributed by atoms with Gasteiger partial charge < -0.3 is 37.1 Å². The molecule has 0 saturated carbocycles. The molecular formula is C27H44N6O5. The van der Waals surface area contributed by atoms with E-state index in [9.17, 15) is 19.2 Å². The van der Waals surface area contributed by atoms with Crippen LogP contribution in [-0.4, -0.2) is 86.0 Å². The molecule has 1 aromatic carbocycles. The zero-order valence-electron chi connectivity index (χ0n) is 22.6. The minimum Gasteiger partial charge on any atom is -0.378 e. The highest BCUT2D eigenvalue weighted by Crippen LogP contribution is 2.11. The van der Waals surface area contributed by atoms with Gasteiger partial charge in [-0.3, -0.25) is 19.2 Å². The maximum Gasteiger partial charge on any atom is 0.245 e. The summed E-state index contributed by atoms with van der Waals surface area (Å²) in [5.41, 5.74) is 12.0. The Hall–Kier alpha value is -3.02. The highest BCUT2D eigenvalue weighted by Gasteiger charge is 2.32. The van der Waals surface area contributed by atoms with Crippen molar-refractivity contribution in [1.82, 2.24) is 20.9 Å². The Morgan fingerprint density at radius 3 is 2.13 bits per heavy atom. The molecule has 0 aliphatic carbocycles. The molecule has 11 nitrogen and oxygen atoms in total. The van der Waals surface area contributed by atoms with Crippen LogP contribution in [0.3, 0.4) is 0 Å². The third-order valence-electron chi connectivity index (χ3n) is 6.34. The summed E-state index contributed by atoms with van der Waals surface area (Å²) in [4.78, 5) is 53.8. The Balaban J connectivity index is 2.17. The maximum atomic E-state index is 13.5. The molecule has 38 heavy (non-hydrogen) atoms. The van der Waals surface area contributed by atoms with Gasteiger partial charge in [0, 0.05) is 19.5 Å². The average Bonchev–Trinajstić information content (AvgIpc) is 2.92. The summed E-state index contributed by atoms with van der Waals surface area (Å²) in [6, 6.07) is 6.75. The van der Waals surface area contributed by atoms with Crippen molar-refractivity contribution in [3.8, 4) is 0 Å². The number of benzene rings is 1. The van der Waals surface area contributed by atoms with Crippen LogP contribution >= 0.6 is 0 Å². The molecule has 0 unspecified atom stereocenters. The van der Waals surface area contributed by atoms with Crippen molar-refractivity contribution in [2.45, 2.75) is 64.1 Å². The Morgan fingerprint density at radius 2 is 1.53 bits per heavy atom. The highest BCUT2D eigenvalue weighted by molar-refractivity contribution is 5.94. The summed E-state index contributed by atoms with van der Waals surface area (Å²) < 4.78 is 5.35. The van der Waals surface area contributed by atoms with Crippen molar-refractivity contribution in [3.63, 3.8) is 0 Å². The second kappa shape index (κ2) is 16.7. The predicted molar refractivity (Wildman–Crippen MR) is 145 cm³/mol. The number of unbranched alkanes of at least 4 members (excludes halogenated alkanes) is 1. The van der Waals surface area contributed by atoms with Gasteiger partial charge in [0.05, 0.1) is 19.8 Å². The molecule has 212 valence electrons. The van der Waals surface area contributed by atoms with Gasteiger partial charge in [0.25, 0.3) is 0 Å². The fraction of sp³-hybridized carbons (Fsp3) is 0.630. The number of nitrogens with zero attached hydrogens (tertiary/aromatic N) is 1. The van der Waals surface area contributed by atoms with Crippen LogP contribution < -0.4 is 27.4 Å². The second-order valence-electron chi connectivity index (χ2n) is 9.99. The lowest BCUT2D eigenvalue weighted by Crippen LogP contribution is -2.58. The molecule has 1 heterocycles. The summed E-state index contributed by atoms with van der Waals surface area (Å²) in [5.74, 6) is -1.47. The number of rotatable bonds is 15. The molecular weight excluding hydrogens is 488 g/mol. The number of morpholine rings is 1. The quantitative estimate of drug-likeness (QED) is 0.193. The lowest BCUT2D eigenvalue weighted by atomic mass is 10.00. The van der Waals surface area contributed by atoms with E-state index < -0.39 is 35.8 Å². The van der Waals surface area contributed by atoms with Gasteiger partial charge in [-0.05, 0) is 43.7 Å². The van der Waals surface area contributed by atoms with Crippen LogP contribution in [0, 0.1) is 5.92 Å². The summed E-state index contributed by atoms with van der Waals surface area (Å²) in [6.07, 6.45) is 2.47. The summed E-state index contributed by atoms with van der Waals surface area (Å²) in [6.45, 7) is 5.98. The van der Waals surface area contributed by atoms with E-state index in [1.165, 1.54) is 0 Å². The van der Waals surface area contributed by atoms with Gasteiger partial charge in [0.1, 0.15) is 18.1 Å². The van der Waals surface area contributed by atoms with E-state index in [0.29, 0.717) is 52.1 Å². The number of nitrogens with two attached hydrogens (primary N) is 2. The van der Waals surface area contributed by atoms with Crippen molar-refractivity contribution in [1.29, 1.82) is 0 Å². The molecule has 0 aromatic heterocycles. The van der Waals surface area contributed by atoms with Gasteiger partial charge >= 0.3 is 0 Å². The normalized spacial score (nSPS) is 15.9. The van der Waals surface area contributed by atoms with Crippen LogP contribution in [0.5, 0.6) is 0 Å². The Bertz CT molecular complexity index is 891. The van der Waals surface area contributed by atoms with Crippen molar-refractivity contribution in [2.24, 2.45) is 17.4 Å². The molecule has 0 spiro atoms. The highest BCUT2D eigenvalue weighted by atomic mass is 16.5. The van der Waals surface area contributed by atoms with Crippen molar-refractivity contribution >= 4 is 23.6 Å². The average molecular weight is 533 g/mol. The minimum atomic E-state index is -0.911. The first-order chi connectivity index (χ1) is 18.2. The number of hydrogen-bond acceptors (Lipinski definition) is 7. The molecule has 3 atom stereocenters. The van der Waals surface area contributed by atoms with Gasteiger partial charge in [-0.25, -0.2) is 0 Å². The van der Waals surface area contributed by atoms with Gasteiger partial charge in [0.15, 0.2) is 0 Å². The zero-order chi connectivity index (χ0) is 27.9. The lowest BCUT2D eigenvalue weighted by molar-refractivity contribution is -0.141. The first-order valence-corrected chi connectivity index (χ1v) is 13.5. The number of ether oxygens (including phenoxy) is 1. The molecule has 1 aromatic rings. The van der Waals surface area contributed by atoms with Crippen molar-refractivity contribution < 1.29 is 23.9 Å². The number of hydrogen-bond donors (Lipinski definition) is 5. The van der Waals surface area contributed by atoms with Crippen LogP contribution in [0.2, 0.25) is 0 Å². The monoisotopic (exact) mass is 532 g/mol. The first-order valence-electron chi connectivity index (χ1n) is 13.5. The van der Waals surface area contributed by atoms with Crippen molar-refractivity contribution in [2.75, 3.05) is 39.4 Å². The topological polar surface area (TPSA) is 169 Å². The summed E-state index contributed by atoms with van der Waals surface area (Å²) in [5, 5.41) is 8.36. The zero-order valence-corrected chi connectivity index (χ0v) is 22.6. The Labute approximate surface area is 225 Å². The number of amides is 4.